The smallest absolute Gasteiger partial charge is 0.142 e. The van der Waals surface area contributed by atoms with Crippen molar-refractivity contribution < 1.29 is 4.74 Å². The number of thiophene rings is 1. The van der Waals surface area contributed by atoms with Crippen LogP contribution < -0.4 is 4.74 Å². The quantitative estimate of drug-likeness (QED) is 0.774. The van der Waals surface area contributed by atoms with Crippen molar-refractivity contribution >= 4 is 22.9 Å². The third-order valence-electron chi connectivity index (χ3n) is 2.17. The van der Waals surface area contributed by atoms with Gasteiger partial charge in [-0.2, -0.15) is 11.3 Å². The van der Waals surface area contributed by atoms with Gasteiger partial charge >= 0.3 is 0 Å². The van der Waals surface area contributed by atoms with Crippen molar-refractivity contribution in [2.75, 3.05) is 0 Å². The first-order chi connectivity index (χ1) is 7.79. The van der Waals surface area contributed by atoms with Crippen LogP contribution >= 0.6 is 22.9 Å². The summed E-state index contributed by atoms with van der Waals surface area (Å²) in [5, 5.41) is 4.11. The van der Waals surface area contributed by atoms with Gasteiger partial charge in [0.05, 0.1) is 11.6 Å². The highest BCUT2D eigenvalue weighted by molar-refractivity contribution is 7.07. The zero-order valence-corrected chi connectivity index (χ0v) is 10.5. The average molecular weight is 254 g/mol. The number of pyridine rings is 1. The van der Waals surface area contributed by atoms with E-state index < -0.39 is 0 Å². The van der Waals surface area contributed by atoms with E-state index in [1.165, 1.54) is 5.56 Å². The lowest BCUT2D eigenvalue weighted by molar-refractivity contribution is 0.302. The molecule has 0 aliphatic rings. The SMILES string of the molecule is Cc1ccc(OCc2ccsc2)c(CCl)n1. The van der Waals surface area contributed by atoms with Crippen LogP contribution in [0.5, 0.6) is 5.75 Å². The minimum atomic E-state index is 0.376. The van der Waals surface area contributed by atoms with Crippen LogP contribution in [0.4, 0.5) is 0 Å². The summed E-state index contributed by atoms with van der Waals surface area (Å²) in [5.74, 6) is 1.15. The number of aromatic nitrogens is 1. The lowest BCUT2D eigenvalue weighted by atomic mass is 10.3. The van der Waals surface area contributed by atoms with E-state index in [0.29, 0.717) is 12.5 Å². The minimum Gasteiger partial charge on any atom is -0.487 e. The van der Waals surface area contributed by atoms with Gasteiger partial charge in [-0.15, -0.1) is 11.6 Å². The van der Waals surface area contributed by atoms with Crippen LogP contribution in [0.1, 0.15) is 17.0 Å². The molecular weight excluding hydrogens is 242 g/mol. The Hall–Kier alpha value is -1.06. The molecule has 0 aliphatic heterocycles. The molecule has 0 aliphatic carbocycles. The summed E-state index contributed by atoms with van der Waals surface area (Å²) >= 11 is 7.49. The minimum absolute atomic E-state index is 0.376. The molecule has 0 spiro atoms. The topological polar surface area (TPSA) is 22.1 Å². The average Bonchev–Trinajstić information content (AvgIpc) is 2.80. The number of halogens is 1. The summed E-state index contributed by atoms with van der Waals surface area (Å²) in [6.45, 7) is 2.51. The molecule has 0 unspecified atom stereocenters. The van der Waals surface area contributed by atoms with Crippen molar-refractivity contribution in [3.8, 4) is 5.75 Å². The predicted molar refractivity (Wildman–Crippen MR) is 67.2 cm³/mol. The van der Waals surface area contributed by atoms with Gasteiger partial charge in [-0.05, 0) is 41.4 Å². The van der Waals surface area contributed by atoms with Gasteiger partial charge in [-0.3, -0.25) is 4.98 Å². The third-order valence-corrected chi connectivity index (χ3v) is 3.16. The summed E-state index contributed by atoms with van der Waals surface area (Å²) in [6, 6.07) is 5.90. The van der Waals surface area contributed by atoms with Crippen LogP contribution in [-0.4, -0.2) is 4.98 Å². The Morgan fingerprint density at radius 1 is 1.38 bits per heavy atom. The van der Waals surface area contributed by atoms with Gasteiger partial charge in [-0.1, -0.05) is 0 Å². The molecule has 0 N–H and O–H groups in total. The molecule has 0 fully saturated rings. The molecule has 84 valence electrons. The first kappa shape index (κ1) is 11.4. The maximum atomic E-state index is 5.82. The lowest BCUT2D eigenvalue weighted by Crippen LogP contribution is -1.99. The number of hydrogen-bond acceptors (Lipinski definition) is 3. The number of alkyl halides is 1. The van der Waals surface area contributed by atoms with Crippen LogP contribution in [-0.2, 0) is 12.5 Å². The van der Waals surface area contributed by atoms with Crippen LogP contribution in [0.3, 0.4) is 0 Å². The number of hydrogen-bond donors (Lipinski definition) is 0. The van der Waals surface area contributed by atoms with E-state index >= 15 is 0 Å². The Morgan fingerprint density at radius 2 is 2.25 bits per heavy atom. The molecule has 2 heterocycles. The van der Waals surface area contributed by atoms with Gasteiger partial charge in [0.2, 0.25) is 0 Å². The molecule has 0 saturated heterocycles. The Kier molecular flexibility index (Phi) is 3.80. The summed E-state index contributed by atoms with van der Waals surface area (Å²) in [4.78, 5) is 4.34. The first-order valence-electron chi connectivity index (χ1n) is 4.96. The van der Waals surface area contributed by atoms with E-state index in [2.05, 4.69) is 10.4 Å². The van der Waals surface area contributed by atoms with Crippen molar-refractivity contribution in [2.24, 2.45) is 0 Å². The Bertz CT molecular complexity index is 456. The van der Waals surface area contributed by atoms with E-state index in [1.54, 1.807) is 11.3 Å². The van der Waals surface area contributed by atoms with Gasteiger partial charge in [0, 0.05) is 5.69 Å². The van der Waals surface area contributed by atoms with E-state index in [1.807, 2.05) is 30.5 Å². The molecule has 0 saturated carbocycles. The van der Waals surface area contributed by atoms with E-state index in [9.17, 15) is 0 Å². The number of nitrogens with zero attached hydrogens (tertiary/aromatic N) is 1. The van der Waals surface area contributed by atoms with Crippen LogP contribution in [0.25, 0.3) is 0 Å². The van der Waals surface area contributed by atoms with Crippen molar-refractivity contribution in [1.82, 2.24) is 4.98 Å². The molecule has 0 bridgehead atoms. The molecule has 16 heavy (non-hydrogen) atoms. The molecule has 0 aromatic carbocycles. The molecule has 2 rings (SSSR count). The summed E-state index contributed by atoms with van der Waals surface area (Å²) in [7, 11) is 0. The fraction of sp³-hybridized carbons (Fsp3) is 0.250. The van der Waals surface area contributed by atoms with Crippen LogP contribution in [0.15, 0.2) is 29.0 Å². The molecule has 2 nitrogen and oxygen atoms in total. The van der Waals surface area contributed by atoms with Gasteiger partial charge in [-0.25, -0.2) is 0 Å². The highest BCUT2D eigenvalue weighted by Crippen LogP contribution is 2.20. The van der Waals surface area contributed by atoms with E-state index in [4.69, 9.17) is 16.3 Å². The molecule has 0 amide bonds. The van der Waals surface area contributed by atoms with Crippen LogP contribution in [0, 0.1) is 6.92 Å². The second kappa shape index (κ2) is 5.32. The number of rotatable bonds is 4. The Morgan fingerprint density at radius 3 is 2.94 bits per heavy atom. The van der Waals surface area contributed by atoms with Gasteiger partial charge in [0.1, 0.15) is 12.4 Å². The largest absolute Gasteiger partial charge is 0.487 e. The zero-order chi connectivity index (χ0) is 11.4. The number of aryl methyl sites for hydroxylation is 1. The third kappa shape index (κ3) is 2.74. The summed E-state index contributed by atoms with van der Waals surface area (Å²) in [6.07, 6.45) is 0. The van der Waals surface area contributed by atoms with E-state index in [0.717, 1.165) is 17.1 Å². The van der Waals surface area contributed by atoms with Crippen molar-refractivity contribution in [3.05, 3.63) is 45.9 Å². The highest BCUT2D eigenvalue weighted by Gasteiger charge is 2.05. The van der Waals surface area contributed by atoms with Gasteiger partial charge < -0.3 is 4.74 Å². The summed E-state index contributed by atoms with van der Waals surface area (Å²) < 4.78 is 5.69. The molecule has 4 heteroatoms. The molecule has 2 aromatic rings. The molecule has 0 radical (unpaired) electrons. The van der Waals surface area contributed by atoms with Crippen molar-refractivity contribution in [3.63, 3.8) is 0 Å². The zero-order valence-electron chi connectivity index (χ0n) is 8.94. The number of ether oxygens (including phenoxy) is 1. The monoisotopic (exact) mass is 253 g/mol. The van der Waals surface area contributed by atoms with Crippen LogP contribution in [0.2, 0.25) is 0 Å². The van der Waals surface area contributed by atoms with Crippen molar-refractivity contribution in [1.29, 1.82) is 0 Å². The van der Waals surface area contributed by atoms with Gasteiger partial charge in [0.25, 0.3) is 0 Å². The van der Waals surface area contributed by atoms with Gasteiger partial charge in [0.15, 0.2) is 0 Å². The fourth-order valence-electron chi connectivity index (χ4n) is 1.36. The van der Waals surface area contributed by atoms with Crippen molar-refractivity contribution in [2.45, 2.75) is 19.4 Å². The highest BCUT2D eigenvalue weighted by atomic mass is 35.5. The maximum Gasteiger partial charge on any atom is 0.142 e. The second-order valence-electron chi connectivity index (χ2n) is 3.45. The first-order valence-corrected chi connectivity index (χ1v) is 6.43. The predicted octanol–water partition coefficient (Wildman–Crippen LogP) is 3.77. The maximum absolute atomic E-state index is 5.82. The lowest BCUT2D eigenvalue weighted by Gasteiger charge is -2.08. The molecule has 0 atom stereocenters. The Balaban J connectivity index is 2.09. The standard InChI is InChI=1S/C12H12ClNOS/c1-9-2-3-12(11(6-13)14-9)15-7-10-4-5-16-8-10/h2-5,8H,6-7H2,1H3. The fourth-order valence-corrected chi connectivity index (χ4v) is 2.21. The molecule has 2 aromatic heterocycles. The van der Waals surface area contributed by atoms with E-state index in [-0.39, 0.29) is 0 Å². The molecular formula is C12H12ClNOS. The second-order valence-corrected chi connectivity index (χ2v) is 4.50. The Labute approximate surface area is 104 Å². The normalized spacial score (nSPS) is 10.4. The summed E-state index contributed by atoms with van der Waals surface area (Å²) in [5.41, 5.74) is 2.93.